The average Bonchev–Trinajstić information content (AvgIpc) is 3.18. The molecule has 4 aromatic carbocycles. The van der Waals surface area contributed by atoms with Crippen molar-refractivity contribution in [2.45, 2.75) is 0 Å². The third kappa shape index (κ3) is 7.39. The Hall–Kier alpha value is -4.66. The molecular formula is C37H46O12P2. The van der Waals surface area contributed by atoms with Crippen LogP contribution < -0.4 is 78.1 Å². The lowest BCUT2D eigenvalue weighted by atomic mass is 10.3. The van der Waals surface area contributed by atoms with Crippen molar-refractivity contribution in [2.24, 2.45) is 0 Å². The van der Waals surface area contributed by atoms with E-state index in [2.05, 4.69) is 0 Å². The molecule has 0 atom stereocenters. The summed E-state index contributed by atoms with van der Waals surface area (Å²) in [7, 11) is 16.3. The minimum Gasteiger partial charge on any atom is -0.493 e. The predicted molar refractivity (Wildman–Crippen MR) is 202 cm³/mol. The molecule has 0 bridgehead atoms. The van der Waals surface area contributed by atoms with Crippen LogP contribution >= 0.6 is 15.8 Å². The van der Waals surface area contributed by atoms with Gasteiger partial charge in [0.2, 0.25) is 23.0 Å². The normalized spacial score (nSPS) is 10.8. The van der Waals surface area contributed by atoms with Gasteiger partial charge in [0, 0.05) is 27.1 Å². The first kappa shape index (κ1) is 39.1. The molecular weight excluding hydrogens is 698 g/mol. The Labute approximate surface area is 302 Å². The van der Waals surface area contributed by atoms with Crippen LogP contribution in [0.3, 0.4) is 0 Å². The standard InChI is InChI=1S/C37H46O12P2/c1-38-22-13-17-26(34(46-9)30(22)42-5)50(27-18-14-23(39-2)31(43-6)35(27)47-10)21-51(28-19-15-24(40-3)32(44-7)36(28)48-11)29-20-16-25(41-4)33(45-8)37(29)49-12/h13-20H,21H2,1-12H3. The third-order valence-corrected chi connectivity index (χ3v) is 14.2. The van der Waals surface area contributed by atoms with Gasteiger partial charge in [0.25, 0.3) is 0 Å². The summed E-state index contributed by atoms with van der Waals surface area (Å²) < 4.78 is 70.6. The highest BCUT2D eigenvalue weighted by atomic mass is 31.2. The monoisotopic (exact) mass is 744 g/mol. The smallest absolute Gasteiger partial charge is 0.203 e. The Kier molecular flexibility index (Phi) is 13.8. The van der Waals surface area contributed by atoms with Crippen LogP contribution in [0.15, 0.2) is 48.5 Å². The number of ether oxygens (including phenoxy) is 12. The lowest BCUT2D eigenvalue weighted by Gasteiger charge is -2.31. The second kappa shape index (κ2) is 18.0. The fraction of sp³-hybridized carbons (Fsp3) is 0.351. The molecule has 0 unspecified atom stereocenters. The van der Waals surface area contributed by atoms with Gasteiger partial charge in [-0.3, -0.25) is 0 Å². The van der Waals surface area contributed by atoms with E-state index in [-0.39, 0.29) is 0 Å². The Bertz CT molecular complexity index is 1540. The molecule has 51 heavy (non-hydrogen) atoms. The summed E-state index contributed by atoms with van der Waals surface area (Å²) in [6, 6.07) is 15.5. The summed E-state index contributed by atoms with van der Waals surface area (Å²) >= 11 is 0. The number of rotatable bonds is 18. The largest absolute Gasteiger partial charge is 0.493 e. The first-order chi connectivity index (χ1) is 24.8. The van der Waals surface area contributed by atoms with Gasteiger partial charge in [0.05, 0.1) is 85.3 Å². The van der Waals surface area contributed by atoms with Crippen LogP contribution in [0.5, 0.6) is 69.0 Å². The van der Waals surface area contributed by atoms with Gasteiger partial charge < -0.3 is 56.8 Å². The van der Waals surface area contributed by atoms with E-state index in [9.17, 15) is 0 Å². The summed E-state index contributed by atoms with van der Waals surface area (Å²) in [5.41, 5.74) is 0. The van der Waals surface area contributed by atoms with E-state index in [0.717, 1.165) is 21.2 Å². The van der Waals surface area contributed by atoms with Crippen molar-refractivity contribution in [2.75, 3.05) is 91.2 Å². The van der Waals surface area contributed by atoms with Crippen molar-refractivity contribution in [1.82, 2.24) is 0 Å². The van der Waals surface area contributed by atoms with Crippen LogP contribution in [0.2, 0.25) is 0 Å². The zero-order valence-corrected chi connectivity index (χ0v) is 32.9. The highest BCUT2D eigenvalue weighted by molar-refractivity contribution is 7.88. The molecule has 0 aliphatic heterocycles. The van der Waals surface area contributed by atoms with Crippen molar-refractivity contribution in [1.29, 1.82) is 0 Å². The number of hydrogen-bond donors (Lipinski definition) is 0. The Morgan fingerprint density at radius 2 is 0.471 bits per heavy atom. The quantitative estimate of drug-likeness (QED) is 0.123. The molecule has 4 rings (SSSR count). The van der Waals surface area contributed by atoms with Gasteiger partial charge in [-0.2, -0.15) is 0 Å². The highest BCUT2D eigenvalue weighted by Gasteiger charge is 2.35. The molecule has 0 amide bonds. The molecule has 0 spiro atoms. The summed E-state index contributed by atoms with van der Waals surface area (Å²) in [6.45, 7) is 0. The van der Waals surface area contributed by atoms with Gasteiger partial charge in [-0.1, -0.05) is 0 Å². The summed E-state index contributed by atoms with van der Waals surface area (Å²) in [4.78, 5) is 0. The fourth-order valence-electron chi connectivity index (χ4n) is 5.90. The van der Waals surface area contributed by atoms with E-state index in [1.165, 1.54) is 0 Å². The average molecular weight is 745 g/mol. The second-order valence-electron chi connectivity index (χ2n) is 10.4. The van der Waals surface area contributed by atoms with E-state index >= 15 is 0 Å². The Morgan fingerprint density at radius 1 is 0.275 bits per heavy atom. The van der Waals surface area contributed by atoms with Crippen LogP contribution in [-0.4, -0.2) is 91.2 Å². The predicted octanol–water partition coefficient (Wildman–Crippen LogP) is 5.31. The number of methoxy groups -OCH3 is 12. The van der Waals surface area contributed by atoms with E-state index in [1.807, 2.05) is 48.5 Å². The van der Waals surface area contributed by atoms with E-state index in [4.69, 9.17) is 56.8 Å². The van der Waals surface area contributed by atoms with Crippen molar-refractivity contribution in [3.05, 3.63) is 48.5 Å². The van der Waals surface area contributed by atoms with Crippen LogP contribution in [-0.2, 0) is 0 Å². The maximum absolute atomic E-state index is 6.10. The van der Waals surface area contributed by atoms with Crippen LogP contribution in [0.4, 0.5) is 0 Å². The molecule has 0 aliphatic carbocycles. The van der Waals surface area contributed by atoms with Gasteiger partial charge in [0.15, 0.2) is 46.0 Å². The third-order valence-electron chi connectivity index (χ3n) is 8.18. The lowest BCUT2D eigenvalue weighted by molar-refractivity contribution is 0.325. The van der Waals surface area contributed by atoms with E-state index in [1.54, 1.807) is 85.3 Å². The molecule has 0 N–H and O–H groups in total. The van der Waals surface area contributed by atoms with E-state index < -0.39 is 15.8 Å². The maximum Gasteiger partial charge on any atom is 0.203 e. The van der Waals surface area contributed by atoms with Crippen LogP contribution in [0, 0.1) is 0 Å². The molecule has 0 aliphatic rings. The van der Waals surface area contributed by atoms with Crippen molar-refractivity contribution in [3.63, 3.8) is 0 Å². The minimum atomic E-state index is -1.40. The van der Waals surface area contributed by atoms with Crippen LogP contribution in [0.25, 0.3) is 0 Å². The second-order valence-corrected chi connectivity index (χ2v) is 15.2. The molecule has 4 aromatic rings. The van der Waals surface area contributed by atoms with E-state index in [0.29, 0.717) is 74.9 Å². The molecule has 12 nitrogen and oxygen atoms in total. The van der Waals surface area contributed by atoms with Crippen molar-refractivity contribution >= 4 is 37.1 Å². The summed E-state index contributed by atoms with van der Waals surface area (Å²) in [6.07, 6.45) is 0. The topological polar surface area (TPSA) is 111 Å². The molecule has 0 heterocycles. The molecule has 0 saturated heterocycles. The van der Waals surface area contributed by atoms with Gasteiger partial charge in [-0.05, 0) is 64.4 Å². The van der Waals surface area contributed by atoms with Crippen LogP contribution in [0.1, 0.15) is 0 Å². The SMILES string of the molecule is COc1ccc(P(CP(c2ccc(OC)c(OC)c2OC)c2ccc(OC)c(OC)c2OC)c2ccc(OC)c(OC)c2OC)c(OC)c1OC. The van der Waals surface area contributed by atoms with Gasteiger partial charge in [-0.15, -0.1) is 0 Å². The van der Waals surface area contributed by atoms with Gasteiger partial charge in [0.1, 0.15) is 0 Å². The number of benzene rings is 4. The first-order valence-electron chi connectivity index (χ1n) is 15.5. The molecule has 0 fully saturated rings. The molecule has 276 valence electrons. The zero-order valence-electron chi connectivity index (χ0n) is 31.1. The van der Waals surface area contributed by atoms with Crippen molar-refractivity contribution < 1.29 is 56.8 Å². The fourth-order valence-corrected chi connectivity index (χ4v) is 12.8. The molecule has 0 aromatic heterocycles. The summed E-state index contributed by atoms with van der Waals surface area (Å²) in [5.74, 6) is 6.54. The maximum atomic E-state index is 6.10. The van der Waals surface area contributed by atoms with Gasteiger partial charge >= 0.3 is 0 Å². The van der Waals surface area contributed by atoms with Gasteiger partial charge in [-0.25, -0.2) is 0 Å². The Balaban J connectivity index is 2.19. The zero-order chi connectivity index (χ0) is 37.2. The molecule has 0 saturated carbocycles. The first-order valence-corrected chi connectivity index (χ1v) is 18.6. The molecule has 0 radical (unpaired) electrons. The lowest BCUT2D eigenvalue weighted by Crippen LogP contribution is -2.24. The highest BCUT2D eigenvalue weighted by Crippen LogP contribution is 2.58. The Morgan fingerprint density at radius 3 is 0.627 bits per heavy atom. The minimum absolute atomic E-state index is 0.459. The number of hydrogen-bond acceptors (Lipinski definition) is 12. The summed E-state index contributed by atoms with van der Waals surface area (Å²) in [5, 5.41) is 3.45. The molecule has 14 heteroatoms. The van der Waals surface area contributed by atoms with Crippen molar-refractivity contribution in [3.8, 4) is 69.0 Å².